The van der Waals surface area contributed by atoms with Crippen molar-refractivity contribution in [2.24, 2.45) is 0 Å². The fourth-order valence-electron chi connectivity index (χ4n) is 2.82. The standard InChI is InChI=1S/C17H20N2O4S/c20-17(16-7-4-12-23-16)18-15-8-10-19(11-9-15)24(21,22)13-14-5-2-1-3-6-14/h1-7,12,15H,8-11,13H2,(H,18,20). The van der Waals surface area contributed by atoms with Crippen molar-refractivity contribution in [1.82, 2.24) is 9.62 Å². The summed E-state index contributed by atoms with van der Waals surface area (Å²) < 4.78 is 31.6. The molecule has 0 unspecified atom stereocenters. The van der Waals surface area contributed by atoms with E-state index in [1.54, 1.807) is 12.1 Å². The van der Waals surface area contributed by atoms with E-state index >= 15 is 0 Å². The molecule has 24 heavy (non-hydrogen) atoms. The molecule has 7 heteroatoms. The monoisotopic (exact) mass is 348 g/mol. The third-order valence-electron chi connectivity index (χ3n) is 4.12. The minimum atomic E-state index is -3.33. The van der Waals surface area contributed by atoms with E-state index in [0.29, 0.717) is 25.9 Å². The van der Waals surface area contributed by atoms with E-state index in [0.717, 1.165) is 5.56 Å². The molecule has 128 valence electrons. The average Bonchev–Trinajstić information content (AvgIpc) is 3.10. The van der Waals surface area contributed by atoms with Gasteiger partial charge in [0.2, 0.25) is 10.0 Å². The van der Waals surface area contributed by atoms with Crippen LogP contribution in [0.2, 0.25) is 0 Å². The van der Waals surface area contributed by atoms with Gasteiger partial charge in [-0.3, -0.25) is 4.79 Å². The molecule has 0 saturated carbocycles. The number of furan rings is 1. The molecule has 1 saturated heterocycles. The van der Waals surface area contributed by atoms with Gasteiger partial charge in [-0.25, -0.2) is 12.7 Å². The number of rotatable bonds is 5. The van der Waals surface area contributed by atoms with E-state index in [2.05, 4.69) is 5.32 Å². The molecule has 0 atom stereocenters. The lowest BCUT2D eigenvalue weighted by atomic mass is 10.1. The summed E-state index contributed by atoms with van der Waals surface area (Å²) in [6.45, 7) is 0.830. The maximum absolute atomic E-state index is 12.5. The van der Waals surface area contributed by atoms with Crippen molar-refractivity contribution in [3.05, 3.63) is 60.1 Å². The first kappa shape index (κ1) is 16.7. The first-order valence-corrected chi connectivity index (χ1v) is 9.51. The first-order chi connectivity index (χ1) is 11.5. The van der Waals surface area contributed by atoms with Crippen LogP contribution in [0.15, 0.2) is 53.1 Å². The Morgan fingerprint density at radius 2 is 1.83 bits per heavy atom. The van der Waals surface area contributed by atoms with Gasteiger partial charge < -0.3 is 9.73 Å². The number of carbonyl (C=O) groups excluding carboxylic acids is 1. The summed E-state index contributed by atoms with van der Waals surface area (Å²) in [5.74, 6) is 0.0248. The Morgan fingerprint density at radius 3 is 2.46 bits per heavy atom. The highest BCUT2D eigenvalue weighted by Crippen LogP contribution is 2.18. The summed E-state index contributed by atoms with van der Waals surface area (Å²) in [6.07, 6.45) is 2.65. The lowest BCUT2D eigenvalue weighted by Crippen LogP contribution is -2.46. The number of carbonyl (C=O) groups is 1. The Morgan fingerprint density at radius 1 is 1.12 bits per heavy atom. The molecule has 0 radical (unpaired) electrons. The molecule has 1 aromatic carbocycles. The first-order valence-electron chi connectivity index (χ1n) is 7.91. The van der Waals surface area contributed by atoms with E-state index in [9.17, 15) is 13.2 Å². The van der Waals surface area contributed by atoms with Gasteiger partial charge in [-0.15, -0.1) is 0 Å². The van der Waals surface area contributed by atoms with Gasteiger partial charge in [-0.2, -0.15) is 0 Å². The second kappa shape index (κ2) is 7.19. The summed E-state index contributed by atoms with van der Waals surface area (Å²) in [4.78, 5) is 12.0. The minimum absolute atomic E-state index is 0.0112. The molecule has 1 amide bonds. The molecule has 1 aliphatic rings. The SMILES string of the molecule is O=C(NC1CCN(S(=O)(=O)Cc2ccccc2)CC1)c1ccco1. The average molecular weight is 348 g/mol. The summed E-state index contributed by atoms with van der Waals surface area (Å²) in [7, 11) is -3.33. The zero-order valence-electron chi connectivity index (χ0n) is 13.2. The van der Waals surface area contributed by atoms with E-state index in [4.69, 9.17) is 4.42 Å². The number of sulfonamides is 1. The van der Waals surface area contributed by atoms with Crippen molar-refractivity contribution >= 4 is 15.9 Å². The number of benzene rings is 1. The highest BCUT2D eigenvalue weighted by atomic mass is 32.2. The van der Waals surface area contributed by atoms with Crippen LogP contribution in [0.3, 0.4) is 0 Å². The Balaban J connectivity index is 1.53. The van der Waals surface area contributed by atoms with Crippen molar-refractivity contribution in [2.75, 3.05) is 13.1 Å². The third kappa shape index (κ3) is 4.04. The van der Waals surface area contributed by atoms with Crippen molar-refractivity contribution in [1.29, 1.82) is 0 Å². The van der Waals surface area contributed by atoms with Gasteiger partial charge in [-0.05, 0) is 30.5 Å². The normalized spacial score (nSPS) is 16.8. The second-order valence-corrected chi connectivity index (χ2v) is 7.83. The minimum Gasteiger partial charge on any atom is -0.459 e. The molecular formula is C17H20N2O4S. The topological polar surface area (TPSA) is 79.6 Å². The van der Waals surface area contributed by atoms with Gasteiger partial charge in [0.25, 0.3) is 5.91 Å². The number of piperidine rings is 1. The molecule has 6 nitrogen and oxygen atoms in total. The Hall–Kier alpha value is -2.12. The highest BCUT2D eigenvalue weighted by Gasteiger charge is 2.29. The molecule has 1 N–H and O–H groups in total. The van der Waals surface area contributed by atoms with Crippen LogP contribution in [-0.2, 0) is 15.8 Å². The van der Waals surface area contributed by atoms with E-state index < -0.39 is 10.0 Å². The summed E-state index contributed by atoms with van der Waals surface area (Å²) in [6, 6.07) is 12.4. The molecule has 2 heterocycles. The van der Waals surface area contributed by atoms with Gasteiger partial charge in [0.15, 0.2) is 5.76 Å². The Kier molecular flexibility index (Phi) is 5.01. The zero-order valence-corrected chi connectivity index (χ0v) is 14.0. The van der Waals surface area contributed by atoms with E-state index in [1.807, 2.05) is 30.3 Å². The van der Waals surface area contributed by atoms with E-state index in [1.165, 1.54) is 10.6 Å². The lowest BCUT2D eigenvalue weighted by molar-refractivity contribution is 0.0895. The molecule has 3 rings (SSSR count). The van der Waals surface area contributed by atoms with Crippen LogP contribution in [0.4, 0.5) is 0 Å². The third-order valence-corrected chi connectivity index (χ3v) is 5.97. The van der Waals surface area contributed by atoms with Gasteiger partial charge in [0, 0.05) is 19.1 Å². The van der Waals surface area contributed by atoms with Gasteiger partial charge >= 0.3 is 0 Å². The van der Waals surface area contributed by atoms with Crippen LogP contribution in [0.5, 0.6) is 0 Å². The number of amides is 1. The zero-order chi connectivity index (χ0) is 17.0. The quantitative estimate of drug-likeness (QED) is 0.896. The summed E-state index contributed by atoms with van der Waals surface area (Å²) in [5.41, 5.74) is 0.783. The summed E-state index contributed by atoms with van der Waals surface area (Å²) >= 11 is 0. The van der Waals surface area contributed by atoms with Crippen molar-refractivity contribution in [3.63, 3.8) is 0 Å². The number of hydrogen-bond donors (Lipinski definition) is 1. The fraction of sp³-hybridized carbons (Fsp3) is 0.353. The predicted octanol–water partition coefficient (Wildman–Crippen LogP) is 2.00. The molecule has 1 fully saturated rings. The van der Waals surface area contributed by atoms with Gasteiger partial charge in [-0.1, -0.05) is 30.3 Å². The number of nitrogens with one attached hydrogen (secondary N) is 1. The molecular weight excluding hydrogens is 328 g/mol. The fourth-order valence-corrected chi connectivity index (χ4v) is 4.38. The van der Waals surface area contributed by atoms with Gasteiger partial charge in [0.1, 0.15) is 0 Å². The largest absolute Gasteiger partial charge is 0.459 e. The Labute approximate surface area is 141 Å². The van der Waals surface area contributed by atoms with Crippen molar-refractivity contribution in [2.45, 2.75) is 24.6 Å². The van der Waals surface area contributed by atoms with Crippen LogP contribution in [0.1, 0.15) is 29.0 Å². The molecule has 0 spiro atoms. The van der Waals surface area contributed by atoms with E-state index in [-0.39, 0.29) is 23.5 Å². The van der Waals surface area contributed by atoms with Crippen LogP contribution in [0.25, 0.3) is 0 Å². The molecule has 1 aliphatic heterocycles. The second-order valence-electron chi connectivity index (χ2n) is 5.87. The van der Waals surface area contributed by atoms with Crippen LogP contribution in [0, 0.1) is 0 Å². The molecule has 1 aromatic heterocycles. The predicted molar refractivity (Wildman–Crippen MR) is 89.8 cm³/mol. The highest BCUT2D eigenvalue weighted by molar-refractivity contribution is 7.88. The number of hydrogen-bond acceptors (Lipinski definition) is 4. The Bertz CT molecular complexity index is 764. The summed E-state index contributed by atoms with van der Waals surface area (Å²) in [5, 5.41) is 2.89. The maximum atomic E-state index is 12.5. The van der Waals surface area contributed by atoms with Crippen molar-refractivity contribution in [3.8, 4) is 0 Å². The van der Waals surface area contributed by atoms with Crippen molar-refractivity contribution < 1.29 is 17.6 Å². The number of nitrogens with zero attached hydrogens (tertiary/aromatic N) is 1. The lowest BCUT2D eigenvalue weighted by Gasteiger charge is -2.31. The van der Waals surface area contributed by atoms with Crippen LogP contribution in [-0.4, -0.2) is 37.8 Å². The maximum Gasteiger partial charge on any atom is 0.287 e. The molecule has 2 aromatic rings. The van der Waals surface area contributed by atoms with Gasteiger partial charge in [0.05, 0.1) is 12.0 Å². The molecule has 0 bridgehead atoms. The van der Waals surface area contributed by atoms with Crippen LogP contribution >= 0.6 is 0 Å². The molecule has 0 aliphatic carbocycles. The van der Waals surface area contributed by atoms with Crippen LogP contribution < -0.4 is 5.32 Å². The smallest absolute Gasteiger partial charge is 0.287 e.